The molecule has 6 nitrogen and oxygen atoms in total. The van der Waals surface area contributed by atoms with Gasteiger partial charge in [-0.15, -0.1) is 0 Å². The van der Waals surface area contributed by atoms with Crippen LogP contribution in [0.25, 0.3) is 11.0 Å². The maximum absolute atomic E-state index is 5.98. The number of anilines is 1. The average Bonchev–Trinajstić information content (AvgIpc) is 2.89. The van der Waals surface area contributed by atoms with Crippen LogP contribution in [0.5, 0.6) is 0 Å². The molecule has 3 rings (SSSR count). The molecule has 0 radical (unpaired) electrons. The number of fused-ring (bicyclic) bond motifs is 1. The lowest BCUT2D eigenvalue weighted by Crippen LogP contribution is -2.06. The molecule has 0 aliphatic rings. The van der Waals surface area contributed by atoms with E-state index >= 15 is 0 Å². The number of nitrogens with zero attached hydrogens (tertiary/aromatic N) is 5. The molecule has 1 aromatic carbocycles. The summed E-state index contributed by atoms with van der Waals surface area (Å²) < 4.78 is 4.86. The number of nitrogen functional groups attached to an aromatic ring is 1. The Hall–Kier alpha value is -1.64. The van der Waals surface area contributed by atoms with E-state index < -0.39 is 0 Å². The largest absolute Gasteiger partial charge is 0.369 e. The van der Waals surface area contributed by atoms with Crippen LogP contribution in [0.4, 0.5) is 5.95 Å². The summed E-state index contributed by atoms with van der Waals surface area (Å²) in [5.74, 6) is 1.35. The summed E-state index contributed by atoms with van der Waals surface area (Å²) in [6.07, 6.45) is 2.44. The van der Waals surface area contributed by atoms with Crippen LogP contribution < -0.4 is 5.73 Å². The van der Waals surface area contributed by atoms with E-state index in [0.29, 0.717) is 5.95 Å². The number of rotatable bonds is 3. The van der Waals surface area contributed by atoms with E-state index in [0.717, 1.165) is 33.4 Å². The number of aromatic nitrogens is 5. The minimum atomic E-state index is 0.535. The van der Waals surface area contributed by atoms with Gasteiger partial charge in [-0.2, -0.15) is 5.10 Å². The predicted molar refractivity (Wildman–Crippen MR) is 81.6 cm³/mol. The fraction of sp³-hybridized carbons (Fsp3) is 0.250. The zero-order valence-corrected chi connectivity index (χ0v) is 12.6. The van der Waals surface area contributed by atoms with Crippen molar-refractivity contribution in [3.8, 4) is 0 Å². The molecule has 0 aliphatic carbocycles. The van der Waals surface area contributed by atoms with Crippen molar-refractivity contribution in [3.05, 3.63) is 33.9 Å². The molecule has 7 heteroatoms. The molecular formula is C12H13IN6. The molecule has 19 heavy (non-hydrogen) atoms. The Labute approximate surface area is 123 Å². The van der Waals surface area contributed by atoms with Crippen LogP contribution in [0.1, 0.15) is 5.82 Å². The summed E-state index contributed by atoms with van der Waals surface area (Å²) in [5.41, 5.74) is 7.96. The Morgan fingerprint density at radius 2 is 2.21 bits per heavy atom. The van der Waals surface area contributed by atoms with E-state index in [4.69, 9.17) is 5.73 Å². The summed E-state index contributed by atoms with van der Waals surface area (Å²) in [7, 11) is 1.86. The van der Waals surface area contributed by atoms with Crippen molar-refractivity contribution in [2.24, 2.45) is 7.05 Å². The van der Waals surface area contributed by atoms with Crippen molar-refractivity contribution in [1.29, 1.82) is 0 Å². The highest BCUT2D eigenvalue weighted by atomic mass is 127. The average molecular weight is 368 g/mol. The van der Waals surface area contributed by atoms with Gasteiger partial charge in [0.2, 0.25) is 5.95 Å². The number of benzene rings is 1. The lowest BCUT2D eigenvalue weighted by Gasteiger charge is -2.04. The van der Waals surface area contributed by atoms with Crippen LogP contribution in [0.2, 0.25) is 0 Å². The first-order valence-corrected chi connectivity index (χ1v) is 6.97. The van der Waals surface area contributed by atoms with Gasteiger partial charge in [0.25, 0.3) is 0 Å². The Morgan fingerprint density at radius 3 is 2.95 bits per heavy atom. The normalized spacial score (nSPS) is 11.3. The molecule has 0 amide bonds. The lowest BCUT2D eigenvalue weighted by atomic mass is 10.3. The molecule has 2 aromatic heterocycles. The first-order chi connectivity index (χ1) is 9.13. The predicted octanol–water partition coefficient (Wildman–Crippen LogP) is 1.59. The van der Waals surface area contributed by atoms with Crippen LogP contribution >= 0.6 is 22.6 Å². The number of nitrogens with two attached hydrogens (primary N) is 1. The fourth-order valence-electron chi connectivity index (χ4n) is 2.07. The smallest absolute Gasteiger partial charge is 0.201 e. The molecule has 0 bridgehead atoms. The third kappa shape index (κ3) is 2.42. The highest BCUT2D eigenvalue weighted by molar-refractivity contribution is 14.1. The van der Waals surface area contributed by atoms with E-state index in [1.165, 1.54) is 0 Å². The SMILES string of the molecule is Cn1cnc(CCn2c(N)nc3cc(I)ccc32)n1. The summed E-state index contributed by atoms with van der Waals surface area (Å²) in [6.45, 7) is 0.729. The van der Waals surface area contributed by atoms with E-state index in [1.807, 2.05) is 23.7 Å². The topological polar surface area (TPSA) is 74.5 Å². The van der Waals surface area contributed by atoms with Crippen molar-refractivity contribution in [2.75, 3.05) is 5.73 Å². The third-order valence-corrected chi connectivity index (χ3v) is 3.62. The number of halogens is 1. The Balaban J connectivity index is 1.90. The number of hydrogen-bond donors (Lipinski definition) is 1. The summed E-state index contributed by atoms with van der Waals surface area (Å²) >= 11 is 2.27. The number of aryl methyl sites for hydroxylation is 3. The molecule has 3 aromatic rings. The van der Waals surface area contributed by atoms with Gasteiger partial charge in [0.15, 0.2) is 5.82 Å². The van der Waals surface area contributed by atoms with E-state index in [-0.39, 0.29) is 0 Å². The van der Waals surface area contributed by atoms with Gasteiger partial charge in [-0.05, 0) is 40.8 Å². The molecule has 98 valence electrons. The highest BCUT2D eigenvalue weighted by Crippen LogP contribution is 2.20. The Bertz CT molecular complexity index is 729. The molecular weight excluding hydrogens is 355 g/mol. The first kappa shape index (κ1) is 12.4. The molecule has 0 atom stereocenters. The quantitative estimate of drug-likeness (QED) is 0.713. The van der Waals surface area contributed by atoms with E-state index in [9.17, 15) is 0 Å². The zero-order chi connectivity index (χ0) is 13.4. The Morgan fingerprint density at radius 1 is 1.37 bits per heavy atom. The van der Waals surface area contributed by atoms with Crippen molar-refractivity contribution >= 4 is 39.6 Å². The van der Waals surface area contributed by atoms with Gasteiger partial charge < -0.3 is 10.3 Å². The minimum absolute atomic E-state index is 0.535. The van der Waals surface area contributed by atoms with Crippen molar-refractivity contribution in [3.63, 3.8) is 0 Å². The second kappa shape index (κ2) is 4.80. The molecule has 0 aliphatic heterocycles. The van der Waals surface area contributed by atoms with E-state index in [2.05, 4.69) is 43.7 Å². The second-order valence-corrected chi connectivity index (χ2v) is 5.58. The maximum atomic E-state index is 5.98. The van der Waals surface area contributed by atoms with Crippen molar-refractivity contribution < 1.29 is 0 Å². The number of hydrogen-bond acceptors (Lipinski definition) is 4. The minimum Gasteiger partial charge on any atom is -0.369 e. The summed E-state index contributed by atoms with van der Waals surface area (Å²) in [5, 5.41) is 4.26. The summed E-state index contributed by atoms with van der Waals surface area (Å²) in [4.78, 5) is 8.60. The third-order valence-electron chi connectivity index (χ3n) is 2.95. The zero-order valence-electron chi connectivity index (χ0n) is 10.4. The van der Waals surface area contributed by atoms with E-state index in [1.54, 1.807) is 11.0 Å². The number of imidazole rings is 1. The standard InChI is InChI=1S/C12H13IN6/c1-18-7-15-11(17-18)4-5-19-10-3-2-8(13)6-9(10)16-12(19)14/h2-3,6-7H,4-5H2,1H3,(H2,14,16). The van der Waals surface area contributed by atoms with Crippen LogP contribution in [0.15, 0.2) is 24.5 Å². The molecule has 2 heterocycles. The van der Waals surface area contributed by atoms with Crippen LogP contribution in [-0.2, 0) is 20.0 Å². The molecule has 0 unspecified atom stereocenters. The van der Waals surface area contributed by atoms with Crippen LogP contribution in [-0.4, -0.2) is 24.3 Å². The highest BCUT2D eigenvalue weighted by Gasteiger charge is 2.09. The van der Waals surface area contributed by atoms with Gasteiger partial charge in [-0.1, -0.05) is 0 Å². The van der Waals surface area contributed by atoms with Gasteiger partial charge >= 0.3 is 0 Å². The van der Waals surface area contributed by atoms with Gasteiger partial charge in [0.1, 0.15) is 6.33 Å². The molecule has 0 fully saturated rings. The first-order valence-electron chi connectivity index (χ1n) is 5.89. The molecule has 2 N–H and O–H groups in total. The fourth-order valence-corrected chi connectivity index (χ4v) is 2.54. The maximum Gasteiger partial charge on any atom is 0.201 e. The van der Waals surface area contributed by atoms with Crippen molar-refractivity contribution in [2.45, 2.75) is 13.0 Å². The van der Waals surface area contributed by atoms with Crippen LogP contribution in [0.3, 0.4) is 0 Å². The van der Waals surface area contributed by atoms with Gasteiger partial charge in [-0.25, -0.2) is 9.97 Å². The molecule has 0 saturated carbocycles. The second-order valence-electron chi connectivity index (χ2n) is 4.34. The monoisotopic (exact) mass is 368 g/mol. The Kier molecular flexibility index (Phi) is 3.13. The van der Waals surface area contributed by atoms with Gasteiger partial charge in [0.05, 0.1) is 11.0 Å². The molecule has 0 saturated heterocycles. The van der Waals surface area contributed by atoms with Gasteiger partial charge in [0, 0.05) is 23.6 Å². The van der Waals surface area contributed by atoms with Crippen molar-refractivity contribution in [1.82, 2.24) is 24.3 Å². The summed E-state index contributed by atoms with van der Waals surface area (Å²) in [6, 6.07) is 6.13. The van der Waals surface area contributed by atoms with Gasteiger partial charge in [-0.3, -0.25) is 4.68 Å². The lowest BCUT2D eigenvalue weighted by molar-refractivity contribution is 0.677. The van der Waals surface area contributed by atoms with Crippen LogP contribution in [0, 0.1) is 3.57 Å². The molecule has 0 spiro atoms.